The first-order chi connectivity index (χ1) is 34.7. The summed E-state index contributed by atoms with van der Waals surface area (Å²) in [6, 6.07) is 87.9. The van der Waals surface area contributed by atoms with Gasteiger partial charge < -0.3 is 9.15 Å². The van der Waals surface area contributed by atoms with Gasteiger partial charge in [0.25, 0.3) is 0 Å². The third-order valence-electron chi connectivity index (χ3n) is 14.8. The van der Waals surface area contributed by atoms with Crippen LogP contribution in [0.5, 0.6) is 11.5 Å². The maximum atomic E-state index is 6.93. The Balaban J connectivity index is 0.833. The molecule has 0 saturated carbocycles. The second-order valence-electron chi connectivity index (χ2n) is 18.6. The van der Waals surface area contributed by atoms with E-state index in [1.165, 1.54) is 82.0 Å². The van der Waals surface area contributed by atoms with Crippen LogP contribution in [0.25, 0.3) is 143 Å². The van der Waals surface area contributed by atoms with Crippen LogP contribution < -0.4 is 4.74 Å². The fourth-order valence-corrected chi connectivity index (χ4v) is 11.8. The summed E-state index contributed by atoms with van der Waals surface area (Å²) in [5.74, 6) is 1.70. The third kappa shape index (κ3) is 5.74. The molecule has 0 fully saturated rings. The fraction of sp³-hybridized carbons (Fsp3) is 0. The third-order valence-corrected chi connectivity index (χ3v) is 14.8. The topological polar surface area (TPSA) is 22.4 Å². The Morgan fingerprint density at radius 1 is 0.214 bits per heavy atom. The standard InChI is InChI=1S/C68H40O2/c1-3-16-42(17-4-1)63-48-20-7-9-22-50(48)65(51-23-10-8-21-49(51)63)44-32-30-41(31-33-44)45-34-37-56-61(38-45)70-62-40-58-47-36-35-46(39-60(47)69-59-29-15-28-57(67(56)62)68(58)59)66-54-26-13-11-24-52(54)64(43-18-5-2-6-19-43)53-25-12-14-27-55(53)66/h1-40H. The molecule has 1 aliphatic heterocycles. The van der Waals surface area contributed by atoms with Crippen LogP contribution in [-0.4, -0.2) is 0 Å². The number of benzene rings is 13. The minimum Gasteiger partial charge on any atom is -0.456 e. The summed E-state index contributed by atoms with van der Waals surface area (Å²) < 4.78 is 13.8. The second-order valence-corrected chi connectivity index (χ2v) is 18.6. The highest BCUT2D eigenvalue weighted by Crippen LogP contribution is 2.53. The summed E-state index contributed by atoms with van der Waals surface area (Å²) in [6.07, 6.45) is 0. The minimum atomic E-state index is 0.840. The van der Waals surface area contributed by atoms with Crippen LogP contribution in [0.2, 0.25) is 0 Å². The zero-order chi connectivity index (χ0) is 45.9. The lowest BCUT2D eigenvalue weighted by Crippen LogP contribution is -1.98. The highest BCUT2D eigenvalue weighted by molar-refractivity contribution is 6.26. The molecule has 0 bridgehead atoms. The van der Waals surface area contributed by atoms with Crippen molar-refractivity contribution in [1.29, 1.82) is 0 Å². The van der Waals surface area contributed by atoms with Crippen molar-refractivity contribution in [3.05, 3.63) is 243 Å². The molecule has 0 aliphatic carbocycles. The van der Waals surface area contributed by atoms with E-state index in [-0.39, 0.29) is 0 Å². The molecule has 13 aromatic carbocycles. The molecule has 0 N–H and O–H groups in total. The number of furan rings is 1. The molecular formula is C68H40O2. The van der Waals surface area contributed by atoms with Gasteiger partial charge in [0.05, 0.1) is 0 Å². The normalized spacial score (nSPS) is 12.1. The number of rotatable bonds is 5. The second kappa shape index (κ2) is 15.1. The van der Waals surface area contributed by atoms with Gasteiger partial charge in [0, 0.05) is 27.3 Å². The predicted octanol–water partition coefficient (Wildman–Crippen LogP) is 19.5. The van der Waals surface area contributed by atoms with Gasteiger partial charge in [0.15, 0.2) is 0 Å². The van der Waals surface area contributed by atoms with E-state index in [1.807, 2.05) is 0 Å². The first-order valence-corrected chi connectivity index (χ1v) is 24.1. The summed E-state index contributed by atoms with van der Waals surface area (Å²) in [7, 11) is 0. The van der Waals surface area contributed by atoms with Crippen molar-refractivity contribution in [1.82, 2.24) is 0 Å². The van der Waals surface area contributed by atoms with Gasteiger partial charge in [-0.05, 0) is 141 Å². The van der Waals surface area contributed by atoms with Crippen LogP contribution in [0.3, 0.4) is 0 Å². The first-order valence-electron chi connectivity index (χ1n) is 24.1. The maximum absolute atomic E-state index is 6.93. The Hall–Kier alpha value is -9.24. The highest BCUT2D eigenvalue weighted by Gasteiger charge is 2.26. The van der Waals surface area contributed by atoms with Crippen LogP contribution in [0.1, 0.15) is 0 Å². The van der Waals surface area contributed by atoms with Gasteiger partial charge in [0.1, 0.15) is 22.7 Å². The maximum Gasteiger partial charge on any atom is 0.136 e. The molecule has 2 nitrogen and oxygen atoms in total. The Kier molecular flexibility index (Phi) is 8.39. The van der Waals surface area contributed by atoms with E-state index >= 15 is 0 Å². The summed E-state index contributed by atoms with van der Waals surface area (Å²) in [4.78, 5) is 0. The van der Waals surface area contributed by atoms with Gasteiger partial charge >= 0.3 is 0 Å². The number of hydrogen-bond acceptors (Lipinski definition) is 2. The molecule has 2 heterocycles. The van der Waals surface area contributed by atoms with Crippen LogP contribution in [0, 0.1) is 0 Å². The number of fused-ring (bicyclic) bond motifs is 10. The average Bonchev–Trinajstić information content (AvgIpc) is 3.80. The molecule has 0 unspecified atom stereocenters. The van der Waals surface area contributed by atoms with Crippen molar-refractivity contribution in [2.75, 3.05) is 0 Å². The van der Waals surface area contributed by atoms with Gasteiger partial charge in [-0.25, -0.2) is 0 Å². The van der Waals surface area contributed by atoms with E-state index in [9.17, 15) is 0 Å². The summed E-state index contributed by atoms with van der Waals surface area (Å²) in [5.41, 5.74) is 15.9. The molecule has 15 rings (SSSR count). The van der Waals surface area contributed by atoms with Crippen LogP contribution >= 0.6 is 0 Å². The lowest BCUT2D eigenvalue weighted by molar-refractivity contribution is 0.487. The van der Waals surface area contributed by atoms with E-state index < -0.39 is 0 Å². The van der Waals surface area contributed by atoms with Gasteiger partial charge in [0.2, 0.25) is 0 Å². The van der Waals surface area contributed by atoms with Crippen LogP contribution in [0.4, 0.5) is 0 Å². The fourth-order valence-electron chi connectivity index (χ4n) is 11.8. The Morgan fingerprint density at radius 2 is 0.643 bits per heavy atom. The van der Waals surface area contributed by atoms with Crippen LogP contribution in [-0.2, 0) is 0 Å². The Morgan fingerprint density at radius 3 is 1.17 bits per heavy atom. The van der Waals surface area contributed by atoms with Crippen molar-refractivity contribution in [2.45, 2.75) is 0 Å². The molecule has 14 aromatic rings. The summed E-state index contributed by atoms with van der Waals surface area (Å²) in [5, 5.41) is 14.3. The van der Waals surface area contributed by atoms with Crippen LogP contribution in [0.15, 0.2) is 247 Å². The monoisotopic (exact) mass is 888 g/mol. The SMILES string of the molecule is c1ccc(-c2c3ccccc3c(-c3ccc(-c4ccc5c(c4)oc4cc6c7c(cccc7c45)Oc4cc(-c5c7ccccc7c(-c7ccccc7)c7ccccc57)ccc4-6)cc3)c3ccccc23)cc1. The first kappa shape index (κ1) is 38.8. The molecule has 0 atom stereocenters. The Bertz CT molecular complexity index is 4350. The largest absolute Gasteiger partial charge is 0.456 e. The molecule has 0 amide bonds. The van der Waals surface area contributed by atoms with Crippen molar-refractivity contribution in [2.24, 2.45) is 0 Å². The lowest BCUT2D eigenvalue weighted by Gasteiger charge is -2.23. The predicted molar refractivity (Wildman–Crippen MR) is 294 cm³/mol. The number of ether oxygens (including phenoxy) is 1. The molecule has 1 aromatic heterocycles. The smallest absolute Gasteiger partial charge is 0.136 e. The van der Waals surface area contributed by atoms with E-state index in [0.29, 0.717) is 0 Å². The molecule has 70 heavy (non-hydrogen) atoms. The van der Waals surface area contributed by atoms with E-state index in [4.69, 9.17) is 9.15 Å². The minimum absolute atomic E-state index is 0.840. The van der Waals surface area contributed by atoms with Crippen molar-refractivity contribution in [3.8, 4) is 78.3 Å². The van der Waals surface area contributed by atoms with Crippen molar-refractivity contribution >= 4 is 75.8 Å². The number of hydrogen-bond donors (Lipinski definition) is 0. The molecule has 0 saturated heterocycles. The summed E-state index contributed by atoms with van der Waals surface area (Å²) >= 11 is 0. The van der Waals surface area contributed by atoms with E-state index in [0.717, 1.165) is 72.0 Å². The zero-order valence-corrected chi connectivity index (χ0v) is 37.9. The van der Waals surface area contributed by atoms with Gasteiger partial charge in [-0.3, -0.25) is 0 Å². The molecule has 1 aliphatic rings. The van der Waals surface area contributed by atoms with Crippen molar-refractivity contribution < 1.29 is 9.15 Å². The highest BCUT2D eigenvalue weighted by atomic mass is 16.5. The molecule has 2 heteroatoms. The van der Waals surface area contributed by atoms with Gasteiger partial charge in [-0.15, -0.1) is 0 Å². The van der Waals surface area contributed by atoms with Gasteiger partial charge in [-0.2, -0.15) is 0 Å². The van der Waals surface area contributed by atoms with E-state index in [2.05, 4.69) is 243 Å². The molecule has 0 spiro atoms. The van der Waals surface area contributed by atoms with E-state index in [1.54, 1.807) is 0 Å². The average molecular weight is 889 g/mol. The molecular weight excluding hydrogens is 849 g/mol. The quantitative estimate of drug-likeness (QED) is 0.161. The Labute approximate surface area is 403 Å². The van der Waals surface area contributed by atoms with Gasteiger partial charge in [-0.1, -0.05) is 206 Å². The van der Waals surface area contributed by atoms with Crippen molar-refractivity contribution in [3.63, 3.8) is 0 Å². The molecule has 324 valence electrons. The lowest BCUT2D eigenvalue weighted by atomic mass is 9.85. The molecule has 0 radical (unpaired) electrons. The zero-order valence-electron chi connectivity index (χ0n) is 37.9. The summed E-state index contributed by atoms with van der Waals surface area (Å²) in [6.45, 7) is 0.